The number of hydrogen-bond acceptors (Lipinski definition) is 4. The highest BCUT2D eigenvalue weighted by atomic mass is 35.5. The molecule has 23 heavy (non-hydrogen) atoms. The van der Waals surface area contributed by atoms with E-state index in [2.05, 4.69) is 9.97 Å². The molecule has 122 valence electrons. The number of alkyl halides is 3. The summed E-state index contributed by atoms with van der Waals surface area (Å²) < 4.78 is 38.8. The Morgan fingerprint density at radius 2 is 1.87 bits per heavy atom. The molecule has 0 bridgehead atoms. The molecule has 0 aliphatic carbocycles. The molecule has 2 aromatic rings. The van der Waals surface area contributed by atoms with Crippen molar-refractivity contribution in [1.82, 2.24) is 9.97 Å². The van der Waals surface area contributed by atoms with Crippen LogP contribution >= 0.6 is 35.0 Å². The van der Waals surface area contributed by atoms with Crippen molar-refractivity contribution in [3.63, 3.8) is 0 Å². The Balaban J connectivity index is 2.50. The standard InChI is InChI=1S/C13H7Cl2F3N2O2S/c14-7-2-1-6(3-8(7)15)9-4-10(13(16,17)18)20-12(19-9)23-5-11(21)22/h1-4H,5H2,(H,21,22). The highest BCUT2D eigenvalue weighted by Gasteiger charge is 2.34. The number of nitrogens with zero attached hydrogens (tertiary/aromatic N) is 2. The van der Waals surface area contributed by atoms with E-state index in [4.69, 9.17) is 28.3 Å². The van der Waals surface area contributed by atoms with Gasteiger partial charge in [0, 0.05) is 5.56 Å². The third kappa shape index (κ3) is 4.73. The van der Waals surface area contributed by atoms with Gasteiger partial charge < -0.3 is 5.11 Å². The van der Waals surface area contributed by atoms with Crippen LogP contribution in [-0.2, 0) is 11.0 Å². The third-order valence-corrected chi connectivity index (χ3v) is 4.11. The van der Waals surface area contributed by atoms with Crippen LogP contribution in [0.3, 0.4) is 0 Å². The zero-order valence-corrected chi connectivity index (χ0v) is 13.4. The molecule has 0 spiro atoms. The first-order valence-electron chi connectivity index (χ1n) is 5.93. The van der Waals surface area contributed by atoms with E-state index in [1.165, 1.54) is 18.2 Å². The van der Waals surface area contributed by atoms with E-state index in [0.29, 0.717) is 17.3 Å². The fourth-order valence-corrected chi connectivity index (χ4v) is 2.44. The summed E-state index contributed by atoms with van der Waals surface area (Å²) in [4.78, 5) is 17.9. The fraction of sp³-hybridized carbons (Fsp3) is 0.154. The van der Waals surface area contributed by atoms with E-state index in [0.717, 1.165) is 6.07 Å². The molecule has 0 aliphatic rings. The Labute approximate surface area is 142 Å². The third-order valence-electron chi connectivity index (χ3n) is 2.54. The number of aromatic nitrogens is 2. The molecule has 0 radical (unpaired) electrons. The molecule has 10 heteroatoms. The second-order valence-electron chi connectivity index (χ2n) is 4.23. The number of halogens is 5. The molecule has 0 atom stereocenters. The maximum Gasteiger partial charge on any atom is 0.433 e. The van der Waals surface area contributed by atoms with Crippen LogP contribution in [0.4, 0.5) is 13.2 Å². The Hall–Kier alpha value is -1.51. The SMILES string of the molecule is O=C(O)CSc1nc(-c2ccc(Cl)c(Cl)c2)cc(C(F)(F)F)n1. The van der Waals surface area contributed by atoms with Crippen LogP contribution < -0.4 is 0 Å². The fourth-order valence-electron chi connectivity index (χ4n) is 1.56. The Morgan fingerprint density at radius 3 is 2.43 bits per heavy atom. The van der Waals surface area contributed by atoms with Crippen LogP contribution in [0.15, 0.2) is 29.4 Å². The first kappa shape index (κ1) is 17.8. The molecule has 0 saturated carbocycles. The van der Waals surface area contributed by atoms with E-state index in [9.17, 15) is 18.0 Å². The Bertz CT molecular complexity index is 756. The summed E-state index contributed by atoms with van der Waals surface area (Å²) in [6, 6.07) is 5.03. The van der Waals surface area contributed by atoms with Gasteiger partial charge in [-0.25, -0.2) is 9.97 Å². The van der Waals surface area contributed by atoms with Gasteiger partial charge in [-0.1, -0.05) is 41.0 Å². The lowest BCUT2D eigenvalue weighted by molar-refractivity contribution is -0.141. The number of hydrogen-bond donors (Lipinski definition) is 1. The molecular weight excluding hydrogens is 376 g/mol. The van der Waals surface area contributed by atoms with Crippen LogP contribution in [0, 0.1) is 0 Å². The molecule has 0 unspecified atom stereocenters. The average Bonchev–Trinajstić information content (AvgIpc) is 2.46. The second kappa shape index (κ2) is 6.94. The summed E-state index contributed by atoms with van der Waals surface area (Å²) in [5, 5.41) is 8.75. The first-order chi connectivity index (χ1) is 10.7. The largest absolute Gasteiger partial charge is 0.481 e. The maximum atomic E-state index is 12.9. The molecule has 1 aromatic carbocycles. The van der Waals surface area contributed by atoms with E-state index >= 15 is 0 Å². The minimum atomic E-state index is -4.69. The summed E-state index contributed by atoms with van der Waals surface area (Å²) in [5.41, 5.74) is -0.885. The second-order valence-corrected chi connectivity index (χ2v) is 5.99. The maximum absolute atomic E-state index is 12.9. The predicted molar refractivity (Wildman–Crippen MR) is 80.8 cm³/mol. The van der Waals surface area contributed by atoms with Crippen molar-refractivity contribution in [2.24, 2.45) is 0 Å². The van der Waals surface area contributed by atoms with Crippen molar-refractivity contribution >= 4 is 40.9 Å². The van der Waals surface area contributed by atoms with Gasteiger partial charge in [-0.15, -0.1) is 0 Å². The number of rotatable bonds is 4. The summed E-state index contributed by atoms with van der Waals surface area (Å²) in [6.45, 7) is 0. The van der Waals surface area contributed by atoms with E-state index in [1.807, 2.05) is 0 Å². The van der Waals surface area contributed by atoms with E-state index < -0.39 is 23.6 Å². The molecule has 0 fully saturated rings. The van der Waals surface area contributed by atoms with Gasteiger partial charge in [0.1, 0.15) is 5.69 Å². The lowest BCUT2D eigenvalue weighted by Gasteiger charge is -2.10. The van der Waals surface area contributed by atoms with Gasteiger partial charge in [0.05, 0.1) is 21.5 Å². The monoisotopic (exact) mass is 382 g/mol. The van der Waals surface area contributed by atoms with Crippen molar-refractivity contribution < 1.29 is 23.1 Å². The van der Waals surface area contributed by atoms with Gasteiger partial charge in [-0.05, 0) is 18.2 Å². The molecule has 1 N–H and O–H groups in total. The van der Waals surface area contributed by atoms with Gasteiger partial charge in [0.2, 0.25) is 0 Å². The zero-order chi connectivity index (χ0) is 17.2. The van der Waals surface area contributed by atoms with Gasteiger partial charge >= 0.3 is 12.1 Å². The van der Waals surface area contributed by atoms with Crippen LogP contribution in [0.2, 0.25) is 10.0 Å². The van der Waals surface area contributed by atoms with Crippen molar-refractivity contribution in [3.8, 4) is 11.3 Å². The van der Waals surface area contributed by atoms with Gasteiger partial charge in [-0.2, -0.15) is 13.2 Å². The summed E-state index contributed by atoms with van der Waals surface area (Å²) in [5.74, 6) is -1.64. The molecule has 1 aromatic heterocycles. The summed E-state index contributed by atoms with van der Waals surface area (Å²) in [7, 11) is 0. The normalized spacial score (nSPS) is 11.5. The Morgan fingerprint density at radius 1 is 1.17 bits per heavy atom. The number of benzene rings is 1. The molecule has 1 heterocycles. The molecular formula is C13H7Cl2F3N2O2S. The van der Waals surface area contributed by atoms with Crippen molar-refractivity contribution in [3.05, 3.63) is 40.0 Å². The van der Waals surface area contributed by atoms with Crippen molar-refractivity contribution in [2.75, 3.05) is 5.75 Å². The summed E-state index contributed by atoms with van der Waals surface area (Å²) in [6.07, 6.45) is -4.69. The molecule has 0 saturated heterocycles. The van der Waals surface area contributed by atoms with Crippen molar-refractivity contribution in [1.29, 1.82) is 0 Å². The first-order valence-corrected chi connectivity index (χ1v) is 7.67. The number of carboxylic acid groups (broad SMARTS) is 1. The van der Waals surface area contributed by atoms with Gasteiger partial charge in [-0.3, -0.25) is 4.79 Å². The zero-order valence-electron chi connectivity index (χ0n) is 11.1. The minimum Gasteiger partial charge on any atom is -0.481 e. The van der Waals surface area contributed by atoms with Crippen molar-refractivity contribution in [2.45, 2.75) is 11.3 Å². The highest BCUT2D eigenvalue weighted by molar-refractivity contribution is 7.99. The van der Waals surface area contributed by atoms with Gasteiger partial charge in [0.15, 0.2) is 5.16 Å². The lowest BCUT2D eigenvalue weighted by atomic mass is 10.1. The topological polar surface area (TPSA) is 63.1 Å². The van der Waals surface area contributed by atoms with Gasteiger partial charge in [0.25, 0.3) is 0 Å². The molecule has 0 aliphatic heterocycles. The number of carboxylic acids is 1. The van der Waals surface area contributed by atoms with Crippen LogP contribution in [0.25, 0.3) is 11.3 Å². The van der Waals surface area contributed by atoms with Crippen LogP contribution in [-0.4, -0.2) is 26.8 Å². The molecule has 0 amide bonds. The highest BCUT2D eigenvalue weighted by Crippen LogP contribution is 2.33. The number of aliphatic carboxylic acids is 1. The van der Waals surface area contributed by atoms with E-state index in [-0.39, 0.29) is 20.9 Å². The lowest BCUT2D eigenvalue weighted by Crippen LogP contribution is -2.10. The predicted octanol–water partition coefficient (Wildman–Crippen LogP) is 4.65. The molecule has 2 rings (SSSR count). The van der Waals surface area contributed by atoms with Crippen LogP contribution in [0.5, 0.6) is 0 Å². The minimum absolute atomic E-state index is 0.0289. The van der Waals surface area contributed by atoms with Crippen LogP contribution in [0.1, 0.15) is 5.69 Å². The molecule has 4 nitrogen and oxygen atoms in total. The smallest absolute Gasteiger partial charge is 0.433 e. The Kier molecular flexibility index (Phi) is 5.38. The number of thioether (sulfide) groups is 1. The summed E-state index contributed by atoms with van der Waals surface area (Å²) >= 11 is 12.2. The quantitative estimate of drug-likeness (QED) is 0.615. The van der Waals surface area contributed by atoms with E-state index in [1.54, 1.807) is 0 Å². The number of carbonyl (C=O) groups is 1. The average molecular weight is 383 g/mol.